The highest BCUT2D eigenvalue weighted by molar-refractivity contribution is 9.10. The lowest BCUT2D eigenvalue weighted by atomic mass is 10.2. The van der Waals surface area contributed by atoms with Crippen molar-refractivity contribution >= 4 is 32.8 Å². The largest absolute Gasteiger partial charge is 0.493 e. The van der Waals surface area contributed by atoms with Crippen molar-refractivity contribution in [1.82, 2.24) is 9.97 Å². The normalized spacial score (nSPS) is 10.8. The van der Waals surface area contributed by atoms with E-state index >= 15 is 0 Å². The first kappa shape index (κ1) is 13.8. The number of aromatic nitrogens is 2. The Morgan fingerprint density at radius 3 is 2.62 bits per heavy atom. The molecule has 0 amide bonds. The molecule has 3 aromatic rings. The summed E-state index contributed by atoms with van der Waals surface area (Å²) < 4.78 is 13.7. The molecule has 0 bridgehead atoms. The van der Waals surface area contributed by atoms with Crippen LogP contribution in [-0.4, -0.2) is 15.1 Å². The quantitative estimate of drug-likeness (QED) is 0.755. The van der Waals surface area contributed by atoms with Crippen molar-refractivity contribution in [3.05, 3.63) is 58.3 Å². The predicted molar refractivity (Wildman–Crippen MR) is 82.6 cm³/mol. The second-order valence-electron chi connectivity index (χ2n) is 4.51. The number of benzene rings is 2. The van der Waals surface area contributed by atoms with Crippen LogP contribution in [0.15, 0.2) is 46.9 Å². The standard InChI is InChI=1S/C15H11BrFN3O/c16-10-3-6-13-12(7-10)14(21)20-15(19-13)18-8-9-1-4-11(17)5-2-9/h1-7H,8H2,(H2,18,19,20,21). The van der Waals surface area contributed by atoms with Crippen LogP contribution in [0.5, 0.6) is 5.88 Å². The van der Waals surface area contributed by atoms with E-state index in [1.54, 1.807) is 24.3 Å². The number of fused-ring (bicyclic) bond motifs is 1. The highest BCUT2D eigenvalue weighted by atomic mass is 79.9. The summed E-state index contributed by atoms with van der Waals surface area (Å²) in [7, 11) is 0. The van der Waals surface area contributed by atoms with Gasteiger partial charge in [-0.25, -0.2) is 9.37 Å². The molecule has 106 valence electrons. The molecular formula is C15H11BrFN3O. The van der Waals surface area contributed by atoms with Gasteiger partial charge in [-0.3, -0.25) is 0 Å². The third-order valence-corrected chi connectivity index (χ3v) is 3.49. The summed E-state index contributed by atoms with van der Waals surface area (Å²) in [6, 6.07) is 11.6. The SMILES string of the molecule is Oc1nc(NCc2ccc(F)cc2)nc2ccc(Br)cc12. The van der Waals surface area contributed by atoms with E-state index in [9.17, 15) is 9.50 Å². The minimum absolute atomic E-state index is 0.0806. The molecule has 6 heteroatoms. The Morgan fingerprint density at radius 2 is 1.86 bits per heavy atom. The van der Waals surface area contributed by atoms with Crippen molar-refractivity contribution in [3.8, 4) is 5.88 Å². The maximum absolute atomic E-state index is 12.8. The fourth-order valence-corrected chi connectivity index (χ4v) is 2.31. The number of hydrogen-bond acceptors (Lipinski definition) is 4. The molecule has 0 atom stereocenters. The number of anilines is 1. The van der Waals surface area contributed by atoms with Gasteiger partial charge in [0.05, 0.1) is 10.9 Å². The Morgan fingerprint density at radius 1 is 1.10 bits per heavy atom. The molecule has 0 aliphatic rings. The average molecular weight is 348 g/mol. The molecule has 2 N–H and O–H groups in total. The first-order chi connectivity index (χ1) is 10.1. The second kappa shape index (κ2) is 5.65. The minimum atomic E-state index is -0.274. The molecule has 0 aliphatic carbocycles. The fraction of sp³-hybridized carbons (Fsp3) is 0.0667. The highest BCUT2D eigenvalue weighted by Gasteiger charge is 2.07. The van der Waals surface area contributed by atoms with E-state index in [4.69, 9.17) is 0 Å². The van der Waals surface area contributed by atoms with E-state index in [1.165, 1.54) is 12.1 Å². The topological polar surface area (TPSA) is 58.0 Å². The lowest BCUT2D eigenvalue weighted by Crippen LogP contribution is -2.03. The molecular weight excluding hydrogens is 337 g/mol. The number of nitrogens with one attached hydrogen (secondary N) is 1. The number of nitrogens with zero attached hydrogens (tertiary/aromatic N) is 2. The molecule has 0 unspecified atom stereocenters. The molecule has 2 aromatic carbocycles. The molecule has 1 aromatic heterocycles. The summed E-state index contributed by atoms with van der Waals surface area (Å²) >= 11 is 3.34. The second-order valence-corrected chi connectivity index (χ2v) is 5.43. The van der Waals surface area contributed by atoms with Gasteiger partial charge < -0.3 is 10.4 Å². The van der Waals surface area contributed by atoms with Crippen molar-refractivity contribution in [3.63, 3.8) is 0 Å². The van der Waals surface area contributed by atoms with Gasteiger partial charge in [-0.15, -0.1) is 0 Å². The highest BCUT2D eigenvalue weighted by Crippen LogP contribution is 2.26. The number of hydrogen-bond donors (Lipinski definition) is 2. The number of halogens is 2. The molecule has 1 heterocycles. The van der Waals surface area contributed by atoms with E-state index in [0.29, 0.717) is 23.4 Å². The van der Waals surface area contributed by atoms with Crippen LogP contribution in [0, 0.1) is 5.82 Å². The summed E-state index contributed by atoms with van der Waals surface area (Å²) in [6.45, 7) is 0.446. The molecule has 0 aliphatic heterocycles. The van der Waals surface area contributed by atoms with Gasteiger partial charge in [0.25, 0.3) is 0 Å². The van der Waals surface area contributed by atoms with Gasteiger partial charge >= 0.3 is 0 Å². The van der Waals surface area contributed by atoms with Crippen LogP contribution in [0.4, 0.5) is 10.3 Å². The van der Waals surface area contributed by atoms with Gasteiger partial charge in [-0.2, -0.15) is 4.98 Å². The smallest absolute Gasteiger partial charge is 0.226 e. The van der Waals surface area contributed by atoms with Gasteiger partial charge in [0, 0.05) is 11.0 Å². The first-order valence-electron chi connectivity index (χ1n) is 6.26. The molecule has 4 nitrogen and oxygen atoms in total. The van der Waals surface area contributed by atoms with E-state index in [0.717, 1.165) is 10.0 Å². The summed E-state index contributed by atoms with van der Waals surface area (Å²) in [5.74, 6) is -0.0292. The zero-order valence-electron chi connectivity index (χ0n) is 10.8. The van der Waals surface area contributed by atoms with E-state index < -0.39 is 0 Å². The van der Waals surface area contributed by atoms with Crippen molar-refractivity contribution in [1.29, 1.82) is 0 Å². The summed E-state index contributed by atoms with van der Waals surface area (Å²) in [5, 5.41) is 13.5. The lowest BCUT2D eigenvalue weighted by molar-refractivity contribution is 0.460. The van der Waals surface area contributed by atoms with E-state index in [-0.39, 0.29) is 11.7 Å². The van der Waals surface area contributed by atoms with Crippen molar-refractivity contribution in [2.45, 2.75) is 6.54 Å². The van der Waals surface area contributed by atoms with Crippen LogP contribution in [0.3, 0.4) is 0 Å². The summed E-state index contributed by atoms with van der Waals surface area (Å²) in [6.07, 6.45) is 0. The Balaban J connectivity index is 1.84. The van der Waals surface area contributed by atoms with Gasteiger partial charge in [-0.1, -0.05) is 28.1 Å². The minimum Gasteiger partial charge on any atom is -0.493 e. The van der Waals surface area contributed by atoms with Gasteiger partial charge in [0.2, 0.25) is 11.8 Å². The molecule has 0 saturated heterocycles. The summed E-state index contributed by atoms with van der Waals surface area (Å²) in [4.78, 5) is 8.35. The predicted octanol–water partition coefficient (Wildman–Crippen LogP) is 3.85. The van der Waals surface area contributed by atoms with Crippen LogP contribution in [0.25, 0.3) is 10.9 Å². The van der Waals surface area contributed by atoms with Crippen molar-refractivity contribution in [2.24, 2.45) is 0 Å². The van der Waals surface area contributed by atoms with E-state index in [2.05, 4.69) is 31.2 Å². The fourth-order valence-electron chi connectivity index (χ4n) is 1.95. The maximum Gasteiger partial charge on any atom is 0.226 e. The zero-order chi connectivity index (χ0) is 14.8. The first-order valence-corrected chi connectivity index (χ1v) is 7.06. The number of aromatic hydroxyl groups is 1. The molecule has 3 rings (SSSR count). The van der Waals surface area contributed by atoms with Crippen LogP contribution in [-0.2, 0) is 6.54 Å². The van der Waals surface area contributed by atoms with Crippen LogP contribution in [0.2, 0.25) is 0 Å². The lowest BCUT2D eigenvalue weighted by Gasteiger charge is -2.07. The Labute approximate surface area is 128 Å². The van der Waals surface area contributed by atoms with Crippen LogP contribution in [0.1, 0.15) is 5.56 Å². The van der Waals surface area contributed by atoms with E-state index in [1.807, 2.05) is 6.07 Å². The number of rotatable bonds is 3. The van der Waals surface area contributed by atoms with Crippen molar-refractivity contribution in [2.75, 3.05) is 5.32 Å². The Hall–Kier alpha value is -2.21. The maximum atomic E-state index is 12.8. The average Bonchev–Trinajstić information content (AvgIpc) is 2.47. The molecule has 0 saturated carbocycles. The van der Waals surface area contributed by atoms with Crippen LogP contribution < -0.4 is 5.32 Å². The van der Waals surface area contributed by atoms with Gasteiger partial charge in [-0.05, 0) is 35.9 Å². The summed E-state index contributed by atoms with van der Waals surface area (Å²) in [5.41, 5.74) is 1.54. The monoisotopic (exact) mass is 347 g/mol. The zero-order valence-corrected chi connectivity index (χ0v) is 12.4. The third kappa shape index (κ3) is 3.11. The van der Waals surface area contributed by atoms with Crippen LogP contribution >= 0.6 is 15.9 Å². The van der Waals surface area contributed by atoms with Crippen molar-refractivity contribution < 1.29 is 9.50 Å². The Bertz CT molecular complexity index is 793. The molecule has 0 spiro atoms. The third-order valence-electron chi connectivity index (χ3n) is 3.00. The molecule has 21 heavy (non-hydrogen) atoms. The van der Waals surface area contributed by atoms with Gasteiger partial charge in [0.15, 0.2) is 0 Å². The molecule has 0 fully saturated rings. The molecule has 0 radical (unpaired) electrons. The van der Waals surface area contributed by atoms with Gasteiger partial charge in [0.1, 0.15) is 5.82 Å². The Kier molecular flexibility index (Phi) is 3.70.